The summed E-state index contributed by atoms with van der Waals surface area (Å²) in [5.41, 5.74) is 16.9. The van der Waals surface area contributed by atoms with Crippen LogP contribution >= 0.6 is 0 Å². The van der Waals surface area contributed by atoms with E-state index in [1.807, 2.05) is 82.2 Å². The first-order valence-electron chi connectivity index (χ1n) is 41.9. The van der Waals surface area contributed by atoms with E-state index < -0.39 is 0 Å². The first-order valence-corrected chi connectivity index (χ1v) is 41.9. The summed E-state index contributed by atoms with van der Waals surface area (Å²) in [4.78, 5) is 123. The van der Waals surface area contributed by atoms with E-state index in [0.717, 1.165) is 119 Å². The van der Waals surface area contributed by atoms with Crippen molar-refractivity contribution in [3.05, 3.63) is 277 Å². The number of carbonyl (C=O) groups excluding carboxylic acids is 2. The molecule has 21 rings (SSSR count). The van der Waals surface area contributed by atoms with Crippen molar-refractivity contribution in [1.29, 1.82) is 0 Å². The Kier molecular flexibility index (Phi) is 19.9. The number of aryl methyl sites for hydroxylation is 3. The van der Waals surface area contributed by atoms with Crippen LogP contribution < -0.4 is 54.6 Å². The number of fused-ring (bicyclic) bond motifs is 12. The molecule has 0 saturated heterocycles. The van der Waals surface area contributed by atoms with Crippen molar-refractivity contribution in [2.45, 2.75) is 126 Å². The molecule has 0 aromatic carbocycles. The third kappa shape index (κ3) is 14.6. The van der Waals surface area contributed by atoms with Crippen LogP contribution in [0.3, 0.4) is 0 Å². The molecule has 0 spiro atoms. The molecule has 33 nitrogen and oxygen atoms in total. The molecule has 6 aliphatic rings. The molecular formula is C92H96N24O9. The largest absolute Gasteiger partial charge is 0.392 e. The summed E-state index contributed by atoms with van der Waals surface area (Å²) in [5.74, 6) is 2.61. The summed E-state index contributed by atoms with van der Waals surface area (Å²) in [5, 5.41) is 37.3. The van der Waals surface area contributed by atoms with Crippen LogP contribution in [0.5, 0.6) is 0 Å². The molecule has 0 amide bonds. The highest BCUT2D eigenvalue weighted by Crippen LogP contribution is 2.42. The maximum Gasteiger partial charge on any atom is 0.280 e. The van der Waals surface area contributed by atoms with E-state index in [-0.39, 0.29) is 79.0 Å². The number of rotatable bonds is 15. The van der Waals surface area contributed by atoms with Crippen LogP contribution in [0.2, 0.25) is 0 Å². The minimum absolute atomic E-state index is 0.165. The van der Waals surface area contributed by atoms with Gasteiger partial charge in [-0.15, -0.1) is 0 Å². The van der Waals surface area contributed by atoms with Crippen LogP contribution in [0.4, 0.5) is 34.5 Å². The number of carbonyl (C=O) groups is 2. The first-order chi connectivity index (χ1) is 59.9. The maximum atomic E-state index is 13.7. The number of hydrogen-bond donors (Lipinski definition) is 5. The molecule has 18 heterocycles. The van der Waals surface area contributed by atoms with Crippen molar-refractivity contribution in [3.8, 4) is 50.8 Å². The molecule has 15 aromatic rings. The quantitative estimate of drug-likeness (QED) is 0.0598. The number of nitrogens with zero attached hydrogens (tertiary/aromatic N) is 20. The summed E-state index contributed by atoms with van der Waals surface area (Å²) >= 11 is 0. The molecule has 5 N–H and O–H groups in total. The van der Waals surface area contributed by atoms with Gasteiger partial charge >= 0.3 is 0 Å². The molecule has 15 aromatic heterocycles. The van der Waals surface area contributed by atoms with Gasteiger partial charge in [-0.3, -0.25) is 75.9 Å². The fraction of sp³-hybridized carbons (Fsp3) is 0.326. The van der Waals surface area contributed by atoms with Gasteiger partial charge in [0.05, 0.1) is 54.4 Å². The number of pyridine rings is 6. The monoisotopic (exact) mass is 1680 g/mol. The van der Waals surface area contributed by atoms with E-state index in [0.29, 0.717) is 115 Å². The predicted molar refractivity (Wildman–Crippen MR) is 476 cm³/mol. The lowest BCUT2D eigenvalue weighted by Gasteiger charge is -2.22. The Morgan fingerprint density at radius 1 is 0.416 bits per heavy atom. The Hall–Kier alpha value is -14.0. The number of anilines is 6. The lowest BCUT2D eigenvalue weighted by molar-refractivity contribution is 0.111. The zero-order valence-corrected chi connectivity index (χ0v) is 71.5. The molecule has 3 aliphatic carbocycles. The minimum Gasteiger partial charge on any atom is -0.392 e. The Balaban J connectivity index is 0.000000123. The molecule has 0 radical (unpaired) electrons. The summed E-state index contributed by atoms with van der Waals surface area (Å²) in [6, 6.07) is 22.2. The first kappa shape index (κ1) is 80.7. The van der Waals surface area contributed by atoms with Crippen molar-refractivity contribution in [1.82, 2.24) is 100 Å². The zero-order chi connectivity index (χ0) is 87.1. The topological polar surface area (TPSA) is 346 Å². The highest BCUT2D eigenvalue weighted by atomic mass is 16.3. The standard InChI is InChI=1S/C31H34N8O3.C31H32N8O3.C30H30N8O3/c2*1-31(2)14-19-12-25-30(42)38(9-8-37(25)26(19)15-31)28-23(18-40)22(5-6-32-28)20-11-24(29(41)36(4)16-20)33-27-13-21-17-35(3)7-10-39(21)34-27;1-30(2)13-18-11-24-29(41)37(9-8-36(24)25(18)14-30)27-22(17-39)21(4-5-32-27)19-10-23(28(40)35(3)16-19)33-26-12-20-15-31-6-7-38(20)34-26/h5-6,8-9,11-13,16,40H,7,10,14-15,17-18H2,1-4H3,(H,33,34);5-6,8-9,11-13,16,18H,7,10,14-15,17H2,1-4H3,(H,33,34);4-5,8-12,16-17,31H,6-7,13-15H2,1-3H3,(H,33,34). The summed E-state index contributed by atoms with van der Waals surface area (Å²) in [7, 11) is 9.15. The van der Waals surface area contributed by atoms with E-state index in [4.69, 9.17) is 0 Å². The van der Waals surface area contributed by atoms with Gasteiger partial charge in [0.1, 0.15) is 39.4 Å². The van der Waals surface area contributed by atoms with Crippen LogP contribution in [0.15, 0.2) is 176 Å². The Morgan fingerprint density at radius 3 is 1.14 bits per heavy atom. The predicted octanol–water partition coefficient (Wildman–Crippen LogP) is 8.86. The molecule has 3 aliphatic heterocycles. The molecule has 0 fully saturated rings. The van der Waals surface area contributed by atoms with Gasteiger partial charge in [0.2, 0.25) is 0 Å². The van der Waals surface area contributed by atoms with Gasteiger partial charge < -0.3 is 53.3 Å². The van der Waals surface area contributed by atoms with Crippen molar-refractivity contribution in [3.63, 3.8) is 0 Å². The minimum atomic E-state index is -0.339. The van der Waals surface area contributed by atoms with Gasteiger partial charge in [0, 0.05) is 192 Å². The number of aliphatic hydroxyl groups excluding tert-OH is 1. The molecule has 33 heteroatoms. The second kappa shape index (κ2) is 30.8. The van der Waals surface area contributed by atoms with Crippen LogP contribution in [0, 0.1) is 16.2 Å². The van der Waals surface area contributed by atoms with E-state index >= 15 is 0 Å². The normalized spacial score (nSPS) is 15.9. The van der Waals surface area contributed by atoms with Crippen molar-refractivity contribution in [2.24, 2.45) is 37.4 Å². The van der Waals surface area contributed by atoms with E-state index in [2.05, 4.69) is 117 Å². The van der Waals surface area contributed by atoms with Gasteiger partial charge in [0.25, 0.3) is 33.4 Å². The fourth-order valence-corrected chi connectivity index (χ4v) is 19.1. The maximum absolute atomic E-state index is 13.7. The summed E-state index contributed by atoms with van der Waals surface area (Å²) in [6.45, 7) is 20.3. The highest BCUT2D eigenvalue weighted by molar-refractivity contribution is 5.93. The van der Waals surface area contributed by atoms with Crippen LogP contribution in [-0.2, 0) is 106 Å². The lowest BCUT2D eigenvalue weighted by Crippen LogP contribution is -2.30. The van der Waals surface area contributed by atoms with Crippen LogP contribution in [0.1, 0.15) is 119 Å². The van der Waals surface area contributed by atoms with Gasteiger partial charge in [0.15, 0.2) is 41.7 Å². The Bertz CT molecular complexity index is 7360. The number of aromatic nitrogens is 18. The molecule has 0 saturated carbocycles. The molecule has 638 valence electrons. The molecule has 0 atom stereocenters. The number of nitrogens with one attached hydrogen (secondary N) is 4. The SMILES string of the molecule is CN1CCn2nc(Nc3cc(-c4ccnc(-n5ccn6c7c(cc6c5=O)CC(C)(C)C7)c4C=O)cn(C)c3=O)cc2C1.CN1CCn2nc(Nc3cc(-c4ccnc(-n5ccn6c7c(cc6c5=O)CC(C)(C)C7)c4CO)cn(C)c3=O)cc2C1.Cn1cc(-c2ccnc(-n3ccn4c5c(cc4c3=O)CC(C)(C)C5)c2C=O)cc(Nc2cc3n(n2)CCNC3)c1=O. The summed E-state index contributed by atoms with van der Waals surface area (Å²) < 4.78 is 20.5. The number of hydrogen-bond acceptors (Lipinski definition) is 21. The van der Waals surface area contributed by atoms with Gasteiger partial charge in [-0.2, -0.15) is 15.3 Å². The number of likely N-dealkylation sites (N-methyl/N-ethyl adjacent to an activating group) is 2. The fourth-order valence-electron chi connectivity index (χ4n) is 19.1. The smallest absolute Gasteiger partial charge is 0.280 e. The summed E-state index contributed by atoms with van der Waals surface area (Å²) in [6.07, 6.45) is 27.5. The third-order valence-corrected chi connectivity index (χ3v) is 25.0. The molecule has 125 heavy (non-hydrogen) atoms. The number of aliphatic hydroxyl groups is 1. The zero-order valence-electron chi connectivity index (χ0n) is 71.5. The van der Waals surface area contributed by atoms with Gasteiger partial charge in [-0.05, 0) is 157 Å². The lowest BCUT2D eigenvalue weighted by atomic mass is 9.90. The van der Waals surface area contributed by atoms with E-state index in [1.54, 1.807) is 113 Å². The average molecular weight is 1680 g/mol. The van der Waals surface area contributed by atoms with E-state index in [9.17, 15) is 43.5 Å². The van der Waals surface area contributed by atoms with Crippen LogP contribution in [0.25, 0.3) is 67.4 Å². The third-order valence-electron chi connectivity index (χ3n) is 25.0. The highest BCUT2D eigenvalue weighted by Gasteiger charge is 2.36. The van der Waals surface area contributed by atoms with Gasteiger partial charge in [-0.1, -0.05) is 41.5 Å². The van der Waals surface area contributed by atoms with Crippen molar-refractivity contribution < 1.29 is 14.7 Å². The van der Waals surface area contributed by atoms with Crippen molar-refractivity contribution >= 4 is 63.6 Å². The second-order valence-electron chi connectivity index (χ2n) is 36.3. The van der Waals surface area contributed by atoms with E-state index in [1.165, 1.54) is 49.8 Å². The molecule has 0 unspecified atom stereocenters. The second-order valence-corrected chi connectivity index (χ2v) is 36.3. The Labute approximate surface area is 715 Å². The van der Waals surface area contributed by atoms with Crippen molar-refractivity contribution in [2.75, 3.05) is 49.7 Å². The number of aldehydes is 2. The average Bonchev–Trinajstić information content (AvgIpc) is 1.62. The van der Waals surface area contributed by atoms with Crippen LogP contribution in [-0.4, -0.2) is 146 Å². The molecule has 0 bridgehead atoms. The van der Waals surface area contributed by atoms with Gasteiger partial charge in [-0.25, -0.2) is 15.0 Å². The Morgan fingerprint density at radius 2 is 0.768 bits per heavy atom. The molecular weight excluding hydrogens is 1590 g/mol.